The van der Waals surface area contributed by atoms with Crippen molar-refractivity contribution in [1.82, 2.24) is 19.9 Å². The van der Waals surface area contributed by atoms with Gasteiger partial charge in [-0.3, -0.25) is 4.79 Å². The summed E-state index contributed by atoms with van der Waals surface area (Å²) in [7, 11) is 0. The number of halogens is 2. The molecule has 2 heterocycles. The number of hydrogen-bond donors (Lipinski definition) is 0. The number of aromatic nitrogens is 3. The number of hydrogen-bond acceptors (Lipinski definition) is 3. The molecule has 22 heavy (non-hydrogen) atoms. The molecule has 0 bridgehead atoms. The van der Waals surface area contributed by atoms with E-state index in [1.165, 1.54) is 35.4 Å². The number of alkyl halides is 1. The van der Waals surface area contributed by atoms with Crippen LogP contribution < -0.4 is 0 Å². The molecule has 1 aliphatic rings. The Kier molecular flexibility index (Phi) is 4.38. The van der Waals surface area contributed by atoms with Gasteiger partial charge in [0.15, 0.2) is 0 Å². The fourth-order valence-electron chi connectivity index (χ4n) is 2.78. The maximum Gasteiger partial charge on any atom is 0.256 e. The van der Waals surface area contributed by atoms with Gasteiger partial charge in [0, 0.05) is 18.5 Å². The van der Waals surface area contributed by atoms with Crippen molar-refractivity contribution in [3.63, 3.8) is 0 Å². The smallest absolute Gasteiger partial charge is 0.256 e. The lowest BCUT2D eigenvalue weighted by Crippen LogP contribution is -2.45. The van der Waals surface area contributed by atoms with Gasteiger partial charge in [-0.2, -0.15) is 15.0 Å². The first-order valence-corrected chi connectivity index (χ1v) is 7.77. The predicted molar refractivity (Wildman–Crippen MR) is 80.7 cm³/mol. The Morgan fingerprint density at radius 3 is 2.82 bits per heavy atom. The zero-order valence-electron chi connectivity index (χ0n) is 12.0. The molecule has 3 rings (SSSR count). The van der Waals surface area contributed by atoms with Crippen molar-refractivity contribution in [3.05, 3.63) is 42.0 Å². The predicted octanol–water partition coefficient (Wildman–Crippen LogP) is 2.64. The minimum absolute atomic E-state index is 0.00962. The Morgan fingerprint density at radius 2 is 2.09 bits per heavy atom. The molecule has 7 heteroatoms. The van der Waals surface area contributed by atoms with Gasteiger partial charge in [0.1, 0.15) is 5.82 Å². The summed E-state index contributed by atoms with van der Waals surface area (Å²) in [5.74, 6) is -0.299. The molecule has 0 aliphatic carbocycles. The number of carbonyl (C=O) groups excluding carboxylic acids is 1. The second-order valence-corrected chi connectivity index (χ2v) is 5.59. The summed E-state index contributed by atoms with van der Waals surface area (Å²) >= 11 is 5.98. The zero-order chi connectivity index (χ0) is 15.5. The van der Waals surface area contributed by atoms with Crippen LogP contribution in [0.15, 0.2) is 30.6 Å². The molecule has 0 unspecified atom stereocenters. The molecule has 1 amide bonds. The summed E-state index contributed by atoms with van der Waals surface area (Å²) < 4.78 is 13.6. The molecular weight excluding hydrogens is 307 g/mol. The van der Waals surface area contributed by atoms with Crippen LogP contribution in [0.4, 0.5) is 4.39 Å². The highest BCUT2D eigenvalue weighted by Crippen LogP contribution is 2.23. The van der Waals surface area contributed by atoms with Crippen LogP contribution in [0.3, 0.4) is 0 Å². The van der Waals surface area contributed by atoms with Gasteiger partial charge in [0.25, 0.3) is 5.91 Å². The van der Waals surface area contributed by atoms with Crippen molar-refractivity contribution in [1.29, 1.82) is 0 Å². The fraction of sp³-hybridized carbons (Fsp3) is 0.400. The topological polar surface area (TPSA) is 51.0 Å². The normalized spacial score (nSPS) is 18.5. The van der Waals surface area contributed by atoms with Crippen LogP contribution in [0.25, 0.3) is 5.69 Å². The lowest BCUT2D eigenvalue weighted by atomic mass is 10.0. The molecule has 1 aromatic heterocycles. The van der Waals surface area contributed by atoms with Crippen LogP contribution in [0, 0.1) is 5.82 Å². The first kappa shape index (κ1) is 15.0. The molecule has 0 N–H and O–H groups in total. The lowest BCUT2D eigenvalue weighted by Gasteiger charge is -2.35. The highest BCUT2D eigenvalue weighted by atomic mass is 35.5. The highest BCUT2D eigenvalue weighted by Gasteiger charge is 2.29. The van der Waals surface area contributed by atoms with Crippen LogP contribution in [-0.4, -0.2) is 44.3 Å². The number of amides is 1. The summed E-state index contributed by atoms with van der Waals surface area (Å²) in [4.78, 5) is 15.9. The van der Waals surface area contributed by atoms with Crippen molar-refractivity contribution in [2.75, 3.05) is 12.4 Å². The zero-order valence-corrected chi connectivity index (χ0v) is 12.7. The monoisotopic (exact) mass is 322 g/mol. The van der Waals surface area contributed by atoms with E-state index >= 15 is 0 Å². The number of nitrogens with zero attached hydrogens (tertiary/aromatic N) is 4. The lowest BCUT2D eigenvalue weighted by molar-refractivity contribution is 0.0638. The standard InChI is InChI=1S/C15H16ClFN4O/c16-10-12-3-1-2-8-20(12)15(22)13-9-11(17)4-5-14(13)21-18-6-7-19-21/h4-7,9,12H,1-3,8,10H2/t12-/m0/s1. The van der Waals surface area contributed by atoms with Gasteiger partial charge in [-0.15, -0.1) is 11.6 Å². The van der Waals surface area contributed by atoms with Crippen molar-refractivity contribution in [2.24, 2.45) is 0 Å². The van der Waals surface area contributed by atoms with Gasteiger partial charge < -0.3 is 4.90 Å². The summed E-state index contributed by atoms with van der Waals surface area (Å²) in [6.07, 6.45) is 5.89. The van der Waals surface area contributed by atoms with Gasteiger partial charge in [-0.05, 0) is 37.5 Å². The van der Waals surface area contributed by atoms with E-state index in [0.29, 0.717) is 18.1 Å². The van der Waals surface area contributed by atoms with Crippen LogP contribution in [0.2, 0.25) is 0 Å². The number of rotatable bonds is 3. The number of piperidine rings is 1. The molecule has 1 saturated heterocycles. The van der Waals surface area contributed by atoms with Gasteiger partial charge >= 0.3 is 0 Å². The van der Waals surface area contributed by atoms with E-state index in [9.17, 15) is 9.18 Å². The SMILES string of the molecule is O=C(c1cc(F)ccc1-n1nccn1)N1CCCC[C@H]1CCl. The van der Waals surface area contributed by atoms with Gasteiger partial charge in [0.2, 0.25) is 0 Å². The summed E-state index contributed by atoms with van der Waals surface area (Å²) in [6.45, 7) is 0.638. The van der Waals surface area contributed by atoms with Crippen LogP contribution >= 0.6 is 11.6 Å². The van der Waals surface area contributed by atoms with Gasteiger partial charge in [-0.25, -0.2) is 4.39 Å². The second-order valence-electron chi connectivity index (χ2n) is 5.28. The van der Waals surface area contributed by atoms with E-state index < -0.39 is 5.82 Å². The van der Waals surface area contributed by atoms with Crippen molar-refractivity contribution >= 4 is 17.5 Å². The Labute approximate surface area is 132 Å². The maximum absolute atomic E-state index is 13.6. The second kappa shape index (κ2) is 6.44. The molecule has 1 aliphatic heterocycles. The molecule has 2 aromatic rings. The number of carbonyl (C=O) groups is 1. The third-order valence-corrected chi connectivity index (χ3v) is 4.25. The minimum atomic E-state index is -0.460. The van der Waals surface area contributed by atoms with E-state index in [0.717, 1.165) is 19.3 Å². The maximum atomic E-state index is 13.6. The Bertz CT molecular complexity index is 662. The summed E-state index contributed by atoms with van der Waals surface area (Å²) in [5.41, 5.74) is 0.725. The first-order valence-electron chi connectivity index (χ1n) is 7.24. The molecule has 0 radical (unpaired) electrons. The average molecular weight is 323 g/mol. The van der Waals surface area contributed by atoms with E-state index in [2.05, 4.69) is 10.2 Å². The summed E-state index contributed by atoms with van der Waals surface area (Å²) in [6, 6.07) is 4.04. The fourth-order valence-corrected chi connectivity index (χ4v) is 3.10. The van der Waals surface area contributed by atoms with Gasteiger partial charge in [-0.1, -0.05) is 0 Å². The van der Waals surface area contributed by atoms with E-state index in [-0.39, 0.29) is 17.5 Å². The largest absolute Gasteiger partial charge is 0.334 e. The molecule has 1 atom stereocenters. The molecule has 5 nitrogen and oxygen atoms in total. The van der Waals surface area contributed by atoms with Crippen molar-refractivity contribution < 1.29 is 9.18 Å². The van der Waals surface area contributed by atoms with E-state index in [1.807, 2.05) is 0 Å². The highest BCUT2D eigenvalue weighted by molar-refractivity contribution is 6.18. The van der Waals surface area contributed by atoms with Crippen molar-refractivity contribution in [3.8, 4) is 5.69 Å². The van der Waals surface area contributed by atoms with E-state index in [4.69, 9.17) is 11.6 Å². The van der Waals surface area contributed by atoms with E-state index in [1.54, 1.807) is 4.90 Å². The van der Waals surface area contributed by atoms with Crippen molar-refractivity contribution in [2.45, 2.75) is 25.3 Å². The molecule has 1 aromatic carbocycles. The molecule has 0 spiro atoms. The minimum Gasteiger partial charge on any atom is -0.334 e. The van der Waals surface area contributed by atoms with Gasteiger partial charge in [0.05, 0.1) is 23.6 Å². The number of likely N-dealkylation sites (tertiary alicyclic amines) is 1. The molecule has 116 valence electrons. The summed E-state index contributed by atoms with van der Waals surface area (Å²) in [5, 5.41) is 8.06. The third-order valence-electron chi connectivity index (χ3n) is 3.89. The molecule has 0 saturated carbocycles. The Balaban J connectivity index is 1.99. The Morgan fingerprint density at radius 1 is 1.32 bits per heavy atom. The third kappa shape index (κ3) is 2.83. The van der Waals surface area contributed by atoms with Crippen LogP contribution in [-0.2, 0) is 0 Å². The first-order chi connectivity index (χ1) is 10.7. The molecular formula is C15H16ClFN4O. The average Bonchev–Trinajstić information content (AvgIpc) is 3.08. The number of benzene rings is 1. The van der Waals surface area contributed by atoms with Crippen LogP contribution in [0.5, 0.6) is 0 Å². The Hall–Kier alpha value is -1.95. The quantitative estimate of drug-likeness (QED) is 0.816. The van der Waals surface area contributed by atoms with Crippen LogP contribution in [0.1, 0.15) is 29.6 Å². The molecule has 1 fully saturated rings.